The van der Waals surface area contributed by atoms with E-state index in [1.54, 1.807) is 29.2 Å². The van der Waals surface area contributed by atoms with Gasteiger partial charge >= 0.3 is 0 Å². The number of hydrogen-bond donors (Lipinski definition) is 1. The fourth-order valence-electron chi connectivity index (χ4n) is 2.56. The summed E-state index contributed by atoms with van der Waals surface area (Å²) >= 11 is 0. The zero-order valence-electron chi connectivity index (χ0n) is 12.7. The average Bonchev–Trinajstić information content (AvgIpc) is 2.40. The number of sulfone groups is 1. The van der Waals surface area contributed by atoms with Gasteiger partial charge in [-0.25, -0.2) is 8.42 Å². The Morgan fingerprint density at radius 1 is 1.24 bits per heavy atom. The van der Waals surface area contributed by atoms with Gasteiger partial charge in [0.2, 0.25) is 5.91 Å². The number of carbonyl (C=O) groups is 1. The summed E-state index contributed by atoms with van der Waals surface area (Å²) in [5.41, 5.74) is 0.752. The van der Waals surface area contributed by atoms with E-state index in [2.05, 4.69) is 5.32 Å². The van der Waals surface area contributed by atoms with E-state index in [-0.39, 0.29) is 22.9 Å². The number of nitrogens with zero attached hydrogens (tertiary/aromatic N) is 1. The molecule has 0 aliphatic carbocycles. The van der Waals surface area contributed by atoms with Crippen LogP contribution in [0.1, 0.15) is 26.7 Å². The van der Waals surface area contributed by atoms with Gasteiger partial charge in [-0.1, -0.05) is 13.8 Å². The Balaban J connectivity index is 2.19. The number of rotatable bonds is 4. The van der Waals surface area contributed by atoms with Gasteiger partial charge in [-0.2, -0.15) is 0 Å². The van der Waals surface area contributed by atoms with Gasteiger partial charge in [0.1, 0.15) is 0 Å². The molecule has 1 aromatic rings. The van der Waals surface area contributed by atoms with E-state index in [1.165, 1.54) is 6.26 Å². The van der Waals surface area contributed by atoms with Crippen molar-refractivity contribution in [3.8, 4) is 0 Å². The standard InChI is InChI=1S/C15H22N2O3S/c1-11(2)16-14-5-4-10-17(15(14)18)12-6-8-13(9-7-12)21(3,19)20/h6-9,11,14,16H,4-5,10H2,1-3H3. The van der Waals surface area contributed by atoms with E-state index in [1.807, 2.05) is 13.8 Å². The Bertz CT molecular complexity index is 608. The van der Waals surface area contributed by atoms with Crippen LogP contribution in [0.15, 0.2) is 29.2 Å². The van der Waals surface area contributed by atoms with Crippen molar-refractivity contribution in [1.29, 1.82) is 0 Å². The second-order valence-electron chi connectivity index (χ2n) is 5.77. The third kappa shape index (κ3) is 3.83. The van der Waals surface area contributed by atoms with Crippen molar-refractivity contribution in [2.24, 2.45) is 0 Å². The predicted molar refractivity (Wildman–Crippen MR) is 83.2 cm³/mol. The highest BCUT2D eigenvalue weighted by atomic mass is 32.2. The zero-order chi connectivity index (χ0) is 15.6. The fraction of sp³-hybridized carbons (Fsp3) is 0.533. The molecule has 0 radical (unpaired) electrons. The quantitative estimate of drug-likeness (QED) is 0.917. The Hall–Kier alpha value is -1.40. The Labute approximate surface area is 126 Å². The van der Waals surface area contributed by atoms with Crippen LogP contribution >= 0.6 is 0 Å². The molecule has 5 nitrogen and oxygen atoms in total. The van der Waals surface area contributed by atoms with E-state index in [0.29, 0.717) is 6.54 Å². The monoisotopic (exact) mass is 310 g/mol. The summed E-state index contributed by atoms with van der Waals surface area (Å²) in [6.45, 7) is 4.72. The molecule has 1 aliphatic heterocycles. The number of amides is 1. The summed E-state index contributed by atoms with van der Waals surface area (Å²) in [5, 5.41) is 3.28. The molecule has 116 valence electrons. The first-order chi connectivity index (χ1) is 9.79. The van der Waals surface area contributed by atoms with Crippen LogP contribution in [0.2, 0.25) is 0 Å². The topological polar surface area (TPSA) is 66.5 Å². The molecule has 1 atom stereocenters. The molecule has 1 aromatic carbocycles. The second-order valence-corrected chi connectivity index (χ2v) is 7.79. The van der Waals surface area contributed by atoms with Crippen LogP contribution in [0.25, 0.3) is 0 Å². The lowest BCUT2D eigenvalue weighted by Crippen LogP contribution is -2.52. The van der Waals surface area contributed by atoms with Crippen LogP contribution in [0, 0.1) is 0 Å². The SMILES string of the molecule is CC(C)NC1CCCN(c2ccc(S(C)(=O)=O)cc2)C1=O. The number of carbonyl (C=O) groups excluding carboxylic acids is 1. The normalized spacial score (nSPS) is 20.1. The summed E-state index contributed by atoms with van der Waals surface area (Å²) in [4.78, 5) is 14.5. The molecule has 1 fully saturated rings. The summed E-state index contributed by atoms with van der Waals surface area (Å²) in [6, 6.07) is 6.60. The van der Waals surface area contributed by atoms with Crippen LogP contribution in [-0.4, -0.2) is 39.2 Å². The maximum absolute atomic E-state index is 12.5. The van der Waals surface area contributed by atoms with Gasteiger partial charge < -0.3 is 10.2 Å². The first-order valence-electron chi connectivity index (χ1n) is 7.16. The molecule has 6 heteroatoms. The summed E-state index contributed by atoms with van der Waals surface area (Å²) in [6.07, 6.45) is 2.95. The van der Waals surface area contributed by atoms with E-state index < -0.39 is 9.84 Å². The fourth-order valence-corrected chi connectivity index (χ4v) is 3.19. The van der Waals surface area contributed by atoms with E-state index in [9.17, 15) is 13.2 Å². The number of benzene rings is 1. The number of nitrogens with one attached hydrogen (secondary N) is 1. The molecule has 21 heavy (non-hydrogen) atoms. The Morgan fingerprint density at radius 2 is 1.86 bits per heavy atom. The van der Waals surface area contributed by atoms with E-state index in [4.69, 9.17) is 0 Å². The van der Waals surface area contributed by atoms with Gasteiger partial charge in [0.25, 0.3) is 0 Å². The highest BCUT2D eigenvalue weighted by molar-refractivity contribution is 7.90. The smallest absolute Gasteiger partial charge is 0.244 e. The van der Waals surface area contributed by atoms with Crippen LogP contribution in [0.4, 0.5) is 5.69 Å². The van der Waals surface area contributed by atoms with Gasteiger partial charge in [-0.05, 0) is 37.1 Å². The molecule has 1 amide bonds. The van der Waals surface area contributed by atoms with Crippen molar-refractivity contribution in [1.82, 2.24) is 5.32 Å². The minimum absolute atomic E-state index is 0.0575. The molecule has 1 heterocycles. The molecule has 0 bridgehead atoms. The molecular formula is C15H22N2O3S. The summed E-state index contributed by atoms with van der Waals surface area (Å²) < 4.78 is 22.9. The first kappa shape index (κ1) is 16.0. The second kappa shape index (κ2) is 6.15. The molecule has 1 aliphatic rings. The van der Waals surface area contributed by atoms with Crippen molar-refractivity contribution in [2.75, 3.05) is 17.7 Å². The number of hydrogen-bond acceptors (Lipinski definition) is 4. The predicted octanol–water partition coefficient (Wildman–Crippen LogP) is 1.58. The van der Waals surface area contributed by atoms with Crippen LogP contribution in [0.5, 0.6) is 0 Å². The highest BCUT2D eigenvalue weighted by Gasteiger charge is 2.29. The van der Waals surface area contributed by atoms with Gasteiger partial charge in [-0.15, -0.1) is 0 Å². The van der Waals surface area contributed by atoms with Crippen molar-refractivity contribution < 1.29 is 13.2 Å². The lowest BCUT2D eigenvalue weighted by atomic mass is 10.0. The van der Waals surface area contributed by atoms with E-state index >= 15 is 0 Å². The third-order valence-electron chi connectivity index (χ3n) is 3.55. The minimum Gasteiger partial charge on any atom is -0.311 e. The van der Waals surface area contributed by atoms with Crippen molar-refractivity contribution in [2.45, 2.75) is 43.7 Å². The van der Waals surface area contributed by atoms with Gasteiger partial charge in [-0.3, -0.25) is 4.79 Å². The lowest BCUT2D eigenvalue weighted by Gasteiger charge is -2.33. The number of piperidine rings is 1. The maximum atomic E-state index is 12.5. The van der Waals surface area contributed by atoms with Gasteiger partial charge in [0.15, 0.2) is 9.84 Å². The van der Waals surface area contributed by atoms with E-state index in [0.717, 1.165) is 18.5 Å². The third-order valence-corrected chi connectivity index (χ3v) is 4.68. The molecule has 0 spiro atoms. The molecule has 0 saturated carbocycles. The lowest BCUT2D eigenvalue weighted by molar-refractivity contribution is -0.121. The number of anilines is 1. The molecular weight excluding hydrogens is 288 g/mol. The highest BCUT2D eigenvalue weighted by Crippen LogP contribution is 2.23. The zero-order valence-corrected chi connectivity index (χ0v) is 13.5. The van der Waals surface area contributed by atoms with Crippen molar-refractivity contribution in [3.63, 3.8) is 0 Å². The molecule has 0 aromatic heterocycles. The Kier molecular flexibility index (Phi) is 4.68. The van der Waals surface area contributed by atoms with Crippen LogP contribution < -0.4 is 10.2 Å². The van der Waals surface area contributed by atoms with Crippen molar-refractivity contribution in [3.05, 3.63) is 24.3 Å². The molecule has 2 rings (SSSR count). The largest absolute Gasteiger partial charge is 0.311 e. The maximum Gasteiger partial charge on any atom is 0.244 e. The van der Waals surface area contributed by atoms with Crippen LogP contribution in [0.3, 0.4) is 0 Å². The summed E-state index contributed by atoms with van der Waals surface area (Å²) in [7, 11) is -3.21. The summed E-state index contributed by atoms with van der Waals surface area (Å²) in [5.74, 6) is 0.0575. The van der Waals surface area contributed by atoms with Crippen molar-refractivity contribution >= 4 is 21.4 Å². The Morgan fingerprint density at radius 3 is 2.38 bits per heavy atom. The first-order valence-corrected chi connectivity index (χ1v) is 9.06. The minimum atomic E-state index is -3.21. The van der Waals surface area contributed by atoms with Crippen LogP contribution in [-0.2, 0) is 14.6 Å². The molecule has 1 N–H and O–H groups in total. The molecule has 1 unspecified atom stereocenters. The molecule has 1 saturated heterocycles. The average molecular weight is 310 g/mol. The van der Waals surface area contributed by atoms with Gasteiger partial charge in [0, 0.05) is 24.5 Å². The van der Waals surface area contributed by atoms with Gasteiger partial charge in [0.05, 0.1) is 10.9 Å².